The van der Waals surface area contributed by atoms with Gasteiger partial charge in [-0.15, -0.1) is 0 Å². The SMILES string of the molecule is CC(C)(C)OC(=O)N1CC=C(c2c[nH]c3nc(N)c(Br)cc23)CC1. The van der Waals surface area contributed by atoms with Crippen molar-refractivity contribution in [1.82, 2.24) is 14.9 Å². The van der Waals surface area contributed by atoms with Crippen molar-refractivity contribution in [1.29, 1.82) is 0 Å². The first-order valence-corrected chi connectivity index (χ1v) is 8.64. The molecule has 0 aliphatic carbocycles. The minimum Gasteiger partial charge on any atom is -0.444 e. The first-order valence-electron chi connectivity index (χ1n) is 7.85. The number of aromatic nitrogens is 2. The molecule has 2 aromatic rings. The molecule has 0 atom stereocenters. The standard InChI is InChI=1S/C17H21BrN4O2/c1-17(2,3)24-16(23)22-6-4-10(5-7-22)12-9-20-15-11(12)8-13(18)14(19)21-15/h4,8-9H,5-7H2,1-3H3,(H3,19,20,21). The Balaban J connectivity index is 1.81. The van der Waals surface area contributed by atoms with Crippen molar-refractivity contribution in [2.24, 2.45) is 0 Å². The molecule has 6 nitrogen and oxygen atoms in total. The molecule has 0 saturated carbocycles. The second-order valence-corrected chi connectivity index (χ2v) is 7.71. The fraction of sp³-hybridized carbons (Fsp3) is 0.412. The predicted octanol–water partition coefficient (Wildman–Crippen LogP) is 3.93. The summed E-state index contributed by atoms with van der Waals surface area (Å²) < 4.78 is 6.20. The number of anilines is 1. The number of fused-ring (bicyclic) bond motifs is 1. The summed E-state index contributed by atoms with van der Waals surface area (Å²) in [5.74, 6) is 0.463. The second-order valence-electron chi connectivity index (χ2n) is 6.86. The van der Waals surface area contributed by atoms with E-state index in [1.54, 1.807) is 4.90 Å². The molecule has 0 saturated heterocycles. The van der Waals surface area contributed by atoms with Crippen molar-refractivity contribution in [2.75, 3.05) is 18.8 Å². The van der Waals surface area contributed by atoms with Gasteiger partial charge >= 0.3 is 6.09 Å². The van der Waals surface area contributed by atoms with Crippen molar-refractivity contribution in [2.45, 2.75) is 32.8 Å². The van der Waals surface area contributed by atoms with Gasteiger partial charge in [0.2, 0.25) is 0 Å². The van der Waals surface area contributed by atoms with Crippen molar-refractivity contribution in [3.63, 3.8) is 0 Å². The number of amides is 1. The maximum absolute atomic E-state index is 12.1. The maximum atomic E-state index is 12.1. The van der Waals surface area contributed by atoms with Crippen LogP contribution >= 0.6 is 15.9 Å². The molecule has 1 aliphatic heterocycles. The number of nitrogens with zero attached hydrogens (tertiary/aromatic N) is 2. The summed E-state index contributed by atoms with van der Waals surface area (Å²) in [7, 11) is 0. The fourth-order valence-electron chi connectivity index (χ4n) is 2.71. The van der Waals surface area contributed by atoms with Crippen LogP contribution in [0, 0.1) is 0 Å². The molecule has 7 heteroatoms. The van der Waals surface area contributed by atoms with Crippen molar-refractivity contribution in [3.8, 4) is 0 Å². The largest absolute Gasteiger partial charge is 0.444 e. The Bertz CT molecular complexity index is 820. The maximum Gasteiger partial charge on any atom is 0.410 e. The van der Waals surface area contributed by atoms with Crippen LogP contribution in [0.4, 0.5) is 10.6 Å². The van der Waals surface area contributed by atoms with Crippen LogP contribution in [-0.2, 0) is 4.74 Å². The number of halogens is 1. The van der Waals surface area contributed by atoms with E-state index in [0.29, 0.717) is 18.9 Å². The smallest absolute Gasteiger partial charge is 0.410 e. The lowest BCUT2D eigenvalue weighted by atomic mass is 10.00. The number of pyridine rings is 1. The van der Waals surface area contributed by atoms with Gasteiger partial charge in [-0.25, -0.2) is 9.78 Å². The number of aromatic amines is 1. The monoisotopic (exact) mass is 392 g/mol. The summed E-state index contributed by atoms with van der Waals surface area (Å²) in [4.78, 5) is 21.4. The van der Waals surface area contributed by atoms with Gasteiger partial charge in [0.25, 0.3) is 0 Å². The predicted molar refractivity (Wildman–Crippen MR) is 98.6 cm³/mol. The highest BCUT2D eigenvalue weighted by atomic mass is 79.9. The van der Waals surface area contributed by atoms with Gasteiger partial charge < -0.3 is 20.4 Å². The number of nitrogen functional groups attached to an aromatic ring is 1. The highest BCUT2D eigenvalue weighted by Crippen LogP contribution is 2.32. The van der Waals surface area contributed by atoms with E-state index in [1.165, 1.54) is 5.57 Å². The van der Waals surface area contributed by atoms with E-state index in [-0.39, 0.29) is 6.09 Å². The molecule has 3 N–H and O–H groups in total. The Morgan fingerprint density at radius 3 is 2.83 bits per heavy atom. The van der Waals surface area contributed by atoms with Crippen LogP contribution in [0.3, 0.4) is 0 Å². The average Bonchev–Trinajstić information content (AvgIpc) is 2.89. The van der Waals surface area contributed by atoms with Gasteiger partial charge in [-0.2, -0.15) is 0 Å². The van der Waals surface area contributed by atoms with E-state index >= 15 is 0 Å². The van der Waals surface area contributed by atoms with Crippen molar-refractivity contribution >= 4 is 44.4 Å². The van der Waals surface area contributed by atoms with Crippen LogP contribution in [0.5, 0.6) is 0 Å². The number of carbonyl (C=O) groups is 1. The summed E-state index contributed by atoms with van der Waals surface area (Å²) >= 11 is 3.43. The molecule has 0 unspecified atom stereocenters. The van der Waals surface area contributed by atoms with Crippen LogP contribution in [0.2, 0.25) is 0 Å². The Kier molecular flexibility index (Phi) is 4.29. The number of ether oxygens (including phenoxy) is 1. The minimum atomic E-state index is -0.476. The molecular weight excluding hydrogens is 372 g/mol. The van der Waals surface area contributed by atoms with Crippen LogP contribution in [0.1, 0.15) is 32.8 Å². The Morgan fingerprint density at radius 2 is 2.21 bits per heavy atom. The number of rotatable bonds is 1. The number of carbonyl (C=O) groups excluding carboxylic acids is 1. The van der Waals surface area contributed by atoms with E-state index < -0.39 is 5.60 Å². The second kappa shape index (κ2) is 6.12. The summed E-state index contributed by atoms with van der Waals surface area (Å²) in [6, 6.07) is 1.98. The highest BCUT2D eigenvalue weighted by molar-refractivity contribution is 9.10. The van der Waals surface area contributed by atoms with Crippen molar-refractivity contribution in [3.05, 3.63) is 28.4 Å². The zero-order valence-electron chi connectivity index (χ0n) is 14.0. The Morgan fingerprint density at radius 1 is 1.46 bits per heavy atom. The van der Waals surface area contributed by atoms with Gasteiger partial charge in [0.15, 0.2) is 0 Å². The molecule has 1 amide bonds. The van der Waals surface area contributed by atoms with E-state index in [9.17, 15) is 4.79 Å². The first kappa shape index (κ1) is 16.8. The lowest BCUT2D eigenvalue weighted by Gasteiger charge is -2.29. The Hall–Kier alpha value is -2.02. The minimum absolute atomic E-state index is 0.270. The van der Waals surface area contributed by atoms with Gasteiger partial charge in [-0.1, -0.05) is 6.08 Å². The quantitative estimate of drug-likeness (QED) is 0.769. The lowest BCUT2D eigenvalue weighted by Crippen LogP contribution is -2.39. The van der Waals surface area contributed by atoms with Gasteiger partial charge in [0.1, 0.15) is 17.1 Å². The van der Waals surface area contributed by atoms with Crippen molar-refractivity contribution < 1.29 is 9.53 Å². The fourth-order valence-corrected chi connectivity index (χ4v) is 3.03. The molecule has 128 valence electrons. The number of hydrogen-bond acceptors (Lipinski definition) is 4. The van der Waals surface area contributed by atoms with Gasteiger partial charge in [0.05, 0.1) is 4.47 Å². The summed E-state index contributed by atoms with van der Waals surface area (Å²) in [5.41, 5.74) is 8.41. The molecule has 0 radical (unpaired) electrons. The normalized spacial score (nSPS) is 15.5. The van der Waals surface area contributed by atoms with Gasteiger partial charge in [0, 0.05) is 30.2 Å². The summed E-state index contributed by atoms with van der Waals surface area (Å²) in [6.45, 7) is 6.80. The molecule has 24 heavy (non-hydrogen) atoms. The number of nitrogens with one attached hydrogen (secondary N) is 1. The molecule has 0 spiro atoms. The van der Waals surface area contributed by atoms with Crippen LogP contribution < -0.4 is 5.73 Å². The molecule has 1 aliphatic rings. The lowest BCUT2D eigenvalue weighted by molar-refractivity contribution is 0.0270. The van der Waals surface area contributed by atoms with Crippen LogP contribution in [0.25, 0.3) is 16.6 Å². The zero-order valence-corrected chi connectivity index (χ0v) is 15.6. The molecule has 3 heterocycles. The number of nitrogens with two attached hydrogens (primary N) is 1. The third-order valence-electron chi connectivity index (χ3n) is 3.85. The first-order chi connectivity index (χ1) is 11.2. The van der Waals surface area contributed by atoms with E-state index in [1.807, 2.05) is 33.0 Å². The molecular formula is C17H21BrN4O2. The number of hydrogen-bond donors (Lipinski definition) is 2. The molecule has 0 bridgehead atoms. The summed E-state index contributed by atoms with van der Waals surface area (Å²) in [6.07, 6.45) is 4.52. The highest BCUT2D eigenvalue weighted by Gasteiger charge is 2.24. The van der Waals surface area contributed by atoms with E-state index in [2.05, 4.69) is 32.0 Å². The van der Waals surface area contributed by atoms with Gasteiger partial charge in [-0.3, -0.25) is 0 Å². The molecule has 2 aromatic heterocycles. The third-order valence-corrected chi connectivity index (χ3v) is 4.49. The van der Waals surface area contributed by atoms with Crippen LogP contribution in [0.15, 0.2) is 22.8 Å². The third kappa shape index (κ3) is 3.40. The summed E-state index contributed by atoms with van der Waals surface area (Å²) in [5, 5.41) is 1.02. The van der Waals surface area contributed by atoms with Crippen LogP contribution in [-0.4, -0.2) is 39.7 Å². The van der Waals surface area contributed by atoms with E-state index in [0.717, 1.165) is 27.5 Å². The molecule has 0 fully saturated rings. The molecule has 0 aromatic carbocycles. The average molecular weight is 393 g/mol. The molecule has 3 rings (SSSR count). The van der Waals surface area contributed by atoms with Gasteiger partial charge in [-0.05, 0) is 54.8 Å². The van der Waals surface area contributed by atoms with E-state index in [4.69, 9.17) is 10.5 Å². The Labute approximate surface area is 149 Å². The topological polar surface area (TPSA) is 84.2 Å². The zero-order chi connectivity index (χ0) is 17.5. The number of H-pyrrole nitrogens is 1.